The Hall–Kier alpha value is -1.41. The Bertz CT molecular complexity index is 402. The third-order valence-corrected chi connectivity index (χ3v) is 2.42. The van der Waals surface area contributed by atoms with Gasteiger partial charge in [-0.1, -0.05) is 0 Å². The lowest BCUT2D eigenvalue weighted by Gasteiger charge is -2.19. The number of nitrogens with two attached hydrogens (primary N) is 1. The number of rotatable bonds is 5. The summed E-state index contributed by atoms with van der Waals surface area (Å²) in [7, 11) is 0. The Kier molecular flexibility index (Phi) is 4.24. The van der Waals surface area contributed by atoms with Gasteiger partial charge in [0.15, 0.2) is 0 Å². The van der Waals surface area contributed by atoms with Crippen molar-refractivity contribution in [2.45, 2.75) is 25.2 Å². The van der Waals surface area contributed by atoms with Gasteiger partial charge in [-0.3, -0.25) is 0 Å². The van der Waals surface area contributed by atoms with Crippen molar-refractivity contribution in [3.05, 3.63) is 23.2 Å². The third-order valence-electron chi connectivity index (χ3n) is 2.42. The Morgan fingerprint density at radius 2 is 2.06 bits per heavy atom. The molecule has 0 amide bonds. The van der Waals surface area contributed by atoms with Crippen molar-refractivity contribution in [3.63, 3.8) is 0 Å². The average Bonchev–Trinajstić information content (AvgIpc) is 2.68. The first-order valence-corrected chi connectivity index (χ1v) is 4.96. The second-order valence-electron chi connectivity index (χ2n) is 3.66. The summed E-state index contributed by atoms with van der Waals surface area (Å²) < 4.78 is 5.01. The van der Waals surface area contributed by atoms with Gasteiger partial charge in [0, 0.05) is 6.54 Å². The van der Waals surface area contributed by atoms with Gasteiger partial charge in [0.2, 0.25) is 0 Å². The van der Waals surface area contributed by atoms with Crippen LogP contribution < -0.4 is 5.73 Å². The van der Waals surface area contributed by atoms with E-state index in [2.05, 4.69) is 0 Å². The van der Waals surface area contributed by atoms with Gasteiger partial charge in [-0.25, -0.2) is 4.79 Å². The number of carboxylic acid groups (broad SMARTS) is 1. The zero-order valence-electron chi connectivity index (χ0n) is 9.20. The molecule has 17 heavy (non-hydrogen) atoms. The van der Waals surface area contributed by atoms with E-state index in [9.17, 15) is 20.1 Å². The topological polar surface area (TPSA) is 137 Å². The summed E-state index contributed by atoms with van der Waals surface area (Å²) in [5.41, 5.74) is 5.02. The predicted octanol–water partition coefficient (Wildman–Crippen LogP) is -1.000. The number of aromatic carboxylic acids is 1. The summed E-state index contributed by atoms with van der Waals surface area (Å²) in [5, 5.41) is 37.2. The van der Waals surface area contributed by atoms with Crippen molar-refractivity contribution in [2.75, 3.05) is 6.54 Å². The zero-order chi connectivity index (χ0) is 13.2. The molecule has 0 aliphatic heterocycles. The Morgan fingerprint density at radius 3 is 2.47 bits per heavy atom. The molecule has 1 heterocycles. The number of carbonyl (C=O) groups is 1. The van der Waals surface area contributed by atoms with Crippen molar-refractivity contribution in [1.29, 1.82) is 0 Å². The van der Waals surface area contributed by atoms with Crippen molar-refractivity contribution in [3.8, 4) is 0 Å². The predicted molar refractivity (Wildman–Crippen MR) is 56.4 cm³/mol. The monoisotopic (exact) mass is 245 g/mol. The van der Waals surface area contributed by atoms with Crippen LogP contribution in [0.4, 0.5) is 0 Å². The Labute approximate surface area is 97.1 Å². The molecule has 1 aromatic rings. The van der Waals surface area contributed by atoms with Crippen molar-refractivity contribution < 1.29 is 29.6 Å². The number of hydrogen-bond acceptors (Lipinski definition) is 6. The molecule has 7 nitrogen and oxygen atoms in total. The summed E-state index contributed by atoms with van der Waals surface area (Å²) in [4.78, 5) is 10.7. The molecule has 0 aliphatic carbocycles. The lowest BCUT2D eigenvalue weighted by atomic mass is 10.1. The quantitative estimate of drug-likeness (QED) is 0.448. The summed E-state index contributed by atoms with van der Waals surface area (Å²) in [6.45, 7) is 1.19. The van der Waals surface area contributed by atoms with E-state index in [1.165, 1.54) is 6.92 Å². The first-order chi connectivity index (χ1) is 7.88. The summed E-state index contributed by atoms with van der Waals surface area (Å²) in [6, 6.07) is 1.11. The van der Waals surface area contributed by atoms with Gasteiger partial charge in [0.25, 0.3) is 0 Å². The minimum absolute atomic E-state index is 0.103. The van der Waals surface area contributed by atoms with Crippen LogP contribution >= 0.6 is 0 Å². The molecule has 6 N–H and O–H groups in total. The SMILES string of the molecule is Cc1oc([C@@H](O)[C@H](O)[C@H](O)CN)cc1C(=O)O. The summed E-state index contributed by atoms with van der Waals surface area (Å²) in [5.74, 6) is -1.21. The van der Waals surface area contributed by atoms with E-state index in [0.717, 1.165) is 6.07 Å². The molecule has 0 unspecified atom stereocenters. The van der Waals surface area contributed by atoms with Gasteiger partial charge in [0.1, 0.15) is 29.3 Å². The van der Waals surface area contributed by atoms with E-state index in [4.69, 9.17) is 15.3 Å². The van der Waals surface area contributed by atoms with Gasteiger partial charge < -0.3 is 30.6 Å². The van der Waals surface area contributed by atoms with Crippen LogP contribution in [0.15, 0.2) is 10.5 Å². The largest absolute Gasteiger partial charge is 0.478 e. The number of aliphatic hydroxyl groups excluding tert-OH is 3. The van der Waals surface area contributed by atoms with E-state index in [1.54, 1.807) is 0 Å². The van der Waals surface area contributed by atoms with E-state index in [0.29, 0.717) is 0 Å². The van der Waals surface area contributed by atoms with Crippen LogP contribution in [0, 0.1) is 6.92 Å². The van der Waals surface area contributed by atoms with Gasteiger partial charge in [-0.15, -0.1) is 0 Å². The lowest BCUT2D eigenvalue weighted by molar-refractivity contribution is -0.0642. The Balaban J connectivity index is 2.93. The lowest BCUT2D eigenvalue weighted by Crippen LogP contribution is -2.37. The maximum Gasteiger partial charge on any atom is 0.339 e. The van der Waals surface area contributed by atoms with Crippen LogP contribution in [0.2, 0.25) is 0 Å². The van der Waals surface area contributed by atoms with E-state index in [-0.39, 0.29) is 23.6 Å². The second-order valence-corrected chi connectivity index (χ2v) is 3.66. The highest BCUT2D eigenvalue weighted by Gasteiger charge is 2.29. The fourth-order valence-corrected chi connectivity index (χ4v) is 1.38. The zero-order valence-corrected chi connectivity index (χ0v) is 9.20. The van der Waals surface area contributed by atoms with Crippen LogP contribution in [0.5, 0.6) is 0 Å². The summed E-state index contributed by atoms with van der Waals surface area (Å²) >= 11 is 0. The van der Waals surface area contributed by atoms with Crippen LogP contribution in [0.3, 0.4) is 0 Å². The smallest absolute Gasteiger partial charge is 0.339 e. The van der Waals surface area contributed by atoms with Gasteiger partial charge in [-0.2, -0.15) is 0 Å². The molecule has 1 aromatic heterocycles. The van der Waals surface area contributed by atoms with Crippen LogP contribution in [0.1, 0.15) is 28.0 Å². The summed E-state index contributed by atoms with van der Waals surface area (Å²) in [6.07, 6.45) is -4.38. The maximum atomic E-state index is 10.7. The van der Waals surface area contributed by atoms with Crippen molar-refractivity contribution in [2.24, 2.45) is 5.73 Å². The molecule has 96 valence electrons. The molecule has 0 fully saturated rings. The van der Waals surface area contributed by atoms with E-state index in [1.807, 2.05) is 0 Å². The van der Waals surface area contributed by atoms with Gasteiger partial charge in [0.05, 0.1) is 6.10 Å². The second kappa shape index (κ2) is 5.28. The van der Waals surface area contributed by atoms with Gasteiger partial charge in [-0.05, 0) is 13.0 Å². The molecule has 1 rings (SSSR count). The molecular weight excluding hydrogens is 230 g/mol. The van der Waals surface area contributed by atoms with Crippen LogP contribution in [-0.2, 0) is 0 Å². The Morgan fingerprint density at radius 1 is 1.47 bits per heavy atom. The van der Waals surface area contributed by atoms with E-state index < -0.39 is 24.3 Å². The fourth-order valence-electron chi connectivity index (χ4n) is 1.38. The fraction of sp³-hybridized carbons (Fsp3) is 0.500. The number of aryl methyl sites for hydroxylation is 1. The molecule has 0 spiro atoms. The van der Waals surface area contributed by atoms with Crippen molar-refractivity contribution in [1.82, 2.24) is 0 Å². The van der Waals surface area contributed by atoms with Crippen molar-refractivity contribution >= 4 is 5.97 Å². The first-order valence-electron chi connectivity index (χ1n) is 4.96. The standard InChI is InChI=1S/C10H15NO6/c1-4-5(10(15)16)2-7(17-4)9(14)8(13)6(12)3-11/h2,6,8-9,12-14H,3,11H2,1H3,(H,15,16)/t6-,8-,9-/m1/s1. The maximum absolute atomic E-state index is 10.7. The molecular formula is C10H15NO6. The normalized spacial score (nSPS) is 16.5. The number of carboxylic acids is 1. The molecule has 3 atom stereocenters. The minimum atomic E-state index is -1.54. The highest BCUT2D eigenvalue weighted by Crippen LogP contribution is 2.24. The average molecular weight is 245 g/mol. The van der Waals surface area contributed by atoms with Crippen LogP contribution in [-0.4, -0.2) is 45.1 Å². The molecule has 0 saturated carbocycles. The molecule has 0 bridgehead atoms. The number of aliphatic hydroxyl groups is 3. The number of hydrogen-bond donors (Lipinski definition) is 5. The molecule has 0 radical (unpaired) electrons. The third kappa shape index (κ3) is 2.83. The van der Waals surface area contributed by atoms with E-state index >= 15 is 0 Å². The molecule has 7 heteroatoms. The van der Waals surface area contributed by atoms with Gasteiger partial charge >= 0.3 is 5.97 Å². The minimum Gasteiger partial charge on any atom is -0.478 e. The molecule has 0 saturated heterocycles. The highest BCUT2D eigenvalue weighted by atomic mass is 16.4. The van der Waals surface area contributed by atoms with Crippen LogP contribution in [0.25, 0.3) is 0 Å². The highest BCUT2D eigenvalue weighted by molar-refractivity contribution is 5.88. The molecule has 0 aromatic carbocycles. The first kappa shape index (κ1) is 13.7. The number of furan rings is 1. The molecule has 0 aliphatic rings.